The van der Waals surface area contributed by atoms with Gasteiger partial charge in [-0.2, -0.15) is 0 Å². The van der Waals surface area contributed by atoms with Crippen LogP contribution in [-0.4, -0.2) is 24.1 Å². The molecular weight excluding hydrogens is 216 g/mol. The van der Waals surface area contributed by atoms with E-state index in [2.05, 4.69) is 0 Å². The fourth-order valence-electron chi connectivity index (χ4n) is 1.26. The van der Waals surface area contributed by atoms with Gasteiger partial charge >= 0.3 is 5.97 Å². The number of aromatic carboxylic acids is 1. The van der Waals surface area contributed by atoms with Crippen LogP contribution in [-0.2, 0) is 0 Å². The Morgan fingerprint density at radius 1 is 1.60 bits per heavy atom. The van der Waals surface area contributed by atoms with Gasteiger partial charge in [-0.05, 0) is 11.6 Å². The van der Waals surface area contributed by atoms with Gasteiger partial charge < -0.3 is 9.84 Å². The Morgan fingerprint density at radius 3 is 2.87 bits per heavy atom. The number of halogens is 1. The smallest absolute Gasteiger partial charge is 0.340 e. The molecule has 0 amide bonds. The van der Waals surface area contributed by atoms with Crippen molar-refractivity contribution in [3.63, 3.8) is 0 Å². The molecule has 0 aliphatic carbocycles. The molecule has 0 unspecified atom stereocenters. The summed E-state index contributed by atoms with van der Waals surface area (Å²) in [5, 5.41) is 9.03. The summed E-state index contributed by atoms with van der Waals surface area (Å²) in [5.74, 6) is -0.322. The fourth-order valence-corrected chi connectivity index (χ4v) is 1.35. The van der Waals surface area contributed by atoms with E-state index in [1.165, 1.54) is 7.11 Å². The lowest BCUT2D eigenvalue weighted by molar-refractivity contribution is 0.0693. The van der Waals surface area contributed by atoms with Crippen molar-refractivity contribution in [2.24, 2.45) is 0 Å². The highest BCUT2D eigenvalue weighted by molar-refractivity contribution is 6.19. The fraction of sp³-hybridized carbons (Fsp3) is 0.182. The van der Waals surface area contributed by atoms with Gasteiger partial charge in [0, 0.05) is 5.88 Å². The van der Waals surface area contributed by atoms with Gasteiger partial charge in [-0.15, -0.1) is 11.6 Å². The molecule has 1 N–H and O–H groups in total. The molecular formula is C11H11ClO3. The number of rotatable bonds is 4. The number of alkyl halides is 1. The van der Waals surface area contributed by atoms with Crippen LogP contribution in [0, 0.1) is 0 Å². The lowest BCUT2D eigenvalue weighted by Crippen LogP contribution is -2.03. The first-order valence-corrected chi connectivity index (χ1v) is 4.87. The molecule has 0 atom stereocenters. The molecule has 0 radical (unpaired) electrons. The van der Waals surface area contributed by atoms with Crippen LogP contribution in [0.3, 0.4) is 0 Å². The second-order valence-electron chi connectivity index (χ2n) is 2.79. The molecule has 1 aromatic rings. The van der Waals surface area contributed by atoms with E-state index in [1.54, 1.807) is 30.4 Å². The maximum Gasteiger partial charge on any atom is 0.340 e. The Hall–Kier alpha value is -1.48. The average Bonchev–Trinajstić information content (AvgIpc) is 2.25. The number of methoxy groups -OCH3 is 1. The van der Waals surface area contributed by atoms with Crippen LogP contribution in [0.25, 0.3) is 6.08 Å². The highest BCUT2D eigenvalue weighted by atomic mass is 35.5. The van der Waals surface area contributed by atoms with Crippen molar-refractivity contribution in [1.29, 1.82) is 0 Å². The lowest BCUT2D eigenvalue weighted by Gasteiger charge is -2.07. The number of carbonyl (C=O) groups is 1. The second-order valence-corrected chi connectivity index (χ2v) is 3.09. The Balaban J connectivity index is 3.25. The van der Waals surface area contributed by atoms with Gasteiger partial charge in [0.25, 0.3) is 0 Å². The zero-order valence-electron chi connectivity index (χ0n) is 8.24. The predicted molar refractivity (Wildman–Crippen MR) is 59.7 cm³/mol. The second kappa shape index (κ2) is 5.41. The Kier molecular flexibility index (Phi) is 4.18. The van der Waals surface area contributed by atoms with Gasteiger partial charge in [0.2, 0.25) is 0 Å². The number of hydrogen-bond donors (Lipinski definition) is 1. The number of carboxylic acids is 1. The van der Waals surface area contributed by atoms with Crippen molar-refractivity contribution in [1.82, 2.24) is 0 Å². The van der Waals surface area contributed by atoms with E-state index in [0.717, 1.165) is 0 Å². The van der Waals surface area contributed by atoms with Crippen LogP contribution >= 0.6 is 11.6 Å². The van der Waals surface area contributed by atoms with Crippen molar-refractivity contribution in [3.8, 4) is 5.75 Å². The minimum absolute atomic E-state index is 0.154. The van der Waals surface area contributed by atoms with Crippen LogP contribution in [0.15, 0.2) is 24.3 Å². The average molecular weight is 227 g/mol. The third-order valence-electron chi connectivity index (χ3n) is 1.88. The first kappa shape index (κ1) is 11.6. The van der Waals surface area contributed by atoms with E-state index in [-0.39, 0.29) is 5.56 Å². The maximum absolute atomic E-state index is 11.0. The van der Waals surface area contributed by atoms with Crippen LogP contribution in [0.1, 0.15) is 15.9 Å². The number of benzene rings is 1. The van der Waals surface area contributed by atoms with Gasteiger partial charge in [-0.1, -0.05) is 24.3 Å². The molecule has 0 aliphatic rings. The molecule has 0 aliphatic heterocycles. The summed E-state index contributed by atoms with van der Waals surface area (Å²) < 4.78 is 4.98. The van der Waals surface area contributed by atoms with Crippen LogP contribution < -0.4 is 4.74 Å². The number of hydrogen-bond acceptors (Lipinski definition) is 2. The number of allylic oxidation sites excluding steroid dienone is 1. The van der Waals surface area contributed by atoms with Crippen LogP contribution in [0.5, 0.6) is 5.75 Å². The molecule has 0 heterocycles. The predicted octanol–water partition coefficient (Wildman–Crippen LogP) is 2.65. The van der Waals surface area contributed by atoms with Gasteiger partial charge in [-0.25, -0.2) is 4.79 Å². The van der Waals surface area contributed by atoms with Gasteiger partial charge in [0.15, 0.2) is 0 Å². The topological polar surface area (TPSA) is 46.5 Å². The first-order chi connectivity index (χ1) is 7.20. The summed E-state index contributed by atoms with van der Waals surface area (Å²) in [6.07, 6.45) is 3.35. The monoisotopic (exact) mass is 226 g/mol. The molecule has 80 valence electrons. The zero-order valence-corrected chi connectivity index (χ0v) is 8.99. The third-order valence-corrected chi connectivity index (χ3v) is 2.06. The SMILES string of the molecule is COc1cccc(C=CCCl)c1C(=O)O. The summed E-state index contributed by atoms with van der Waals surface area (Å²) in [6, 6.07) is 5.05. The van der Waals surface area contributed by atoms with Crippen molar-refractivity contribution < 1.29 is 14.6 Å². The van der Waals surface area contributed by atoms with Gasteiger partial charge in [0.1, 0.15) is 11.3 Å². The molecule has 0 aromatic heterocycles. The molecule has 0 spiro atoms. The lowest BCUT2D eigenvalue weighted by atomic mass is 10.1. The number of carboxylic acid groups (broad SMARTS) is 1. The van der Waals surface area contributed by atoms with Gasteiger partial charge in [-0.3, -0.25) is 0 Å². The summed E-state index contributed by atoms with van der Waals surface area (Å²) in [7, 11) is 1.44. The minimum atomic E-state index is -1.01. The Bertz CT molecular complexity index is 385. The van der Waals surface area contributed by atoms with E-state index in [1.807, 2.05) is 0 Å². The Morgan fingerprint density at radius 2 is 2.33 bits per heavy atom. The van der Waals surface area contributed by atoms with E-state index in [4.69, 9.17) is 21.4 Å². The van der Waals surface area contributed by atoms with Crippen molar-refractivity contribution in [2.75, 3.05) is 13.0 Å². The van der Waals surface area contributed by atoms with Gasteiger partial charge in [0.05, 0.1) is 7.11 Å². The molecule has 1 aromatic carbocycles. The van der Waals surface area contributed by atoms with E-state index < -0.39 is 5.97 Å². The normalized spacial score (nSPS) is 10.5. The molecule has 0 fully saturated rings. The summed E-state index contributed by atoms with van der Waals surface area (Å²) in [5.41, 5.74) is 0.740. The van der Waals surface area contributed by atoms with E-state index in [9.17, 15) is 4.79 Å². The van der Waals surface area contributed by atoms with E-state index >= 15 is 0 Å². The molecule has 4 heteroatoms. The number of ether oxygens (including phenoxy) is 1. The maximum atomic E-state index is 11.0. The summed E-state index contributed by atoms with van der Waals surface area (Å²) in [4.78, 5) is 11.0. The van der Waals surface area contributed by atoms with Crippen LogP contribution in [0.2, 0.25) is 0 Å². The molecule has 0 saturated carbocycles. The highest BCUT2D eigenvalue weighted by Gasteiger charge is 2.13. The standard InChI is InChI=1S/C11H11ClO3/c1-15-9-6-2-4-8(5-3-7-12)10(9)11(13)14/h2-6H,7H2,1H3,(H,13,14). The molecule has 1 rings (SSSR count). The Labute approximate surface area is 92.9 Å². The summed E-state index contributed by atoms with van der Waals surface area (Å²) in [6.45, 7) is 0. The largest absolute Gasteiger partial charge is 0.496 e. The minimum Gasteiger partial charge on any atom is -0.496 e. The summed E-state index contributed by atoms with van der Waals surface area (Å²) >= 11 is 5.49. The van der Waals surface area contributed by atoms with E-state index in [0.29, 0.717) is 17.2 Å². The first-order valence-electron chi connectivity index (χ1n) is 4.33. The molecule has 3 nitrogen and oxygen atoms in total. The van der Waals surface area contributed by atoms with Crippen molar-refractivity contribution in [3.05, 3.63) is 35.4 Å². The highest BCUT2D eigenvalue weighted by Crippen LogP contribution is 2.23. The zero-order chi connectivity index (χ0) is 11.3. The molecule has 15 heavy (non-hydrogen) atoms. The quantitative estimate of drug-likeness (QED) is 0.803. The third kappa shape index (κ3) is 2.73. The molecule has 0 saturated heterocycles. The molecule has 0 bridgehead atoms. The van der Waals surface area contributed by atoms with Crippen LogP contribution in [0.4, 0.5) is 0 Å². The van der Waals surface area contributed by atoms with Crippen molar-refractivity contribution in [2.45, 2.75) is 0 Å². The van der Waals surface area contributed by atoms with Crippen molar-refractivity contribution >= 4 is 23.6 Å².